The van der Waals surface area contributed by atoms with Gasteiger partial charge in [-0.2, -0.15) is 5.10 Å². The molecule has 0 fully saturated rings. The Labute approximate surface area is 100 Å². The number of rotatable bonds is 3. The van der Waals surface area contributed by atoms with Gasteiger partial charge in [-0.25, -0.2) is 4.98 Å². The summed E-state index contributed by atoms with van der Waals surface area (Å²) < 4.78 is 7.46. The van der Waals surface area contributed by atoms with Gasteiger partial charge in [0.1, 0.15) is 18.7 Å². The van der Waals surface area contributed by atoms with E-state index < -0.39 is 0 Å². The summed E-state index contributed by atoms with van der Waals surface area (Å²) in [5, 5.41) is 3.99. The molecule has 0 saturated heterocycles. The second-order valence-corrected chi connectivity index (χ2v) is 4.01. The van der Waals surface area contributed by atoms with Crippen molar-refractivity contribution < 1.29 is 4.74 Å². The molecule has 2 rings (SSSR count). The van der Waals surface area contributed by atoms with Gasteiger partial charge >= 0.3 is 0 Å². The fraction of sp³-hybridized carbons (Fsp3) is 0.333. The van der Waals surface area contributed by atoms with Gasteiger partial charge in [-0.1, -0.05) is 6.07 Å². The van der Waals surface area contributed by atoms with Crippen LogP contribution in [0.2, 0.25) is 0 Å². The second-order valence-electron chi connectivity index (χ2n) is 4.01. The Morgan fingerprint density at radius 3 is 2.76 bits per heavy atom. The first-order valence-electron chi connectivity index (χ1n) is 5.41. The summed E-state index contributed by atoms with van der Waals surface area (Å²) in [6.45, 7) is 4.34. The quantitative estimate of drug-likeness (QED) is 0.816. The third-order valence-electron chi connectivity index (χ3n) is 2.80. The van der Waals surface area contributed by atoms with Crippen LogP contribution in [0.25, 0.3) is 0 Å². The maximum atomic E-state index is 5.86. The Morgan fingerprint density at radius 2 is 2.12 bits per heavy atom. The topological polar surface area (TPSA) is 66.0 Å². The van der Waals surface area contributed by atoms with Gasteiger partial charge in [-0.15, -0.1) is 0 Å². The number of aromatic nitrogens is 3. The molecule has 0 aliphatic carbocycles. The summed E-state index contributed by atoms with van der Waals surface area (Å²) in [5.41, 5.74) is 8.63. The predicted octanol–water partition coefficient (Wildman–Crippen LogP) is 1.59. The van der Waals surface area contributed by atoms with Crippen LogP contribution >= 0.6 is 0 Å². The van der Waals surface area contributed by atoms with E-state index in [1.165, 1.54) is 6.33 Å². The highest BCUT2D eigenvalue weighted by Crippen LogP contribution is 2.28. The van der Waals surface area contributed by atoms with Crippen LogP contribution in [0.3, 0.4) is 0 Å². The van der Waals surface area contributed by atoms with Crippen molar-refractivity contribution in [3.05, 3.63) is 35.4 Å². The summed E-state index contributed by atoms with van der Waals surface area (Å²) >= 11 is 0. The summed E-state index contributed by atoms with van der Waals surface area (Å²) in [6.07, 6.45) is 1.51. The number of ether oxygens (including phenoxy) is 1. The molecule has 2 aromatic rings. The highest BCUT2D eigenvalue weighted by atomic mass is 16.5. The van der Waals surface area contributed by atoms with Crippen molar-refractivity contribution >= 4 is 5.69 Å². The normalized spacial score (nSPS) is 10.5. The lowest BCUT2D eigenvalue weighted by atomic mass is 10.1. The van der Waals surface area contributed by atoms with Crippen molar-refractivity contribution in [1.82, 2.24) is 14.8 Å². The molecule has 0 unspecified atom stereocenters. The Bertz CT molecular complexity index is 533. The van der Waals surface area contributed by atoms with Crippen molar-refractivity contribution in [2.75, 3.05) is 5.73 Å². The lowest BCUT2D eigenvalue weighted by Crippen LogP contribution is -2.06. The monoisotopic (exact) mass is 232 g/mol. The first-order chi connectivity index (χ1) is 8.09. The van der Waals surface area contributed by atoms with E-state index in [0.29, 0.717) is 6.61 Å². The van der Waals surface area contributed by atoms with Gasteiger partial charge < -0.3 is 10.5 Å². The Hall–Kier alpha value is -2.04. The van der Waals surface area contributed by atoms with Crippen LogP contribution in [-0.4, -0.2) is 14.8 Å². The first kappa shape index (κ1) is 11.4. The molecule has 0 amide bonds. The molecule has 1 aromatic heterocycles. The summed E-state index contributed by atoms with van der Waals surface area (Å²) in [4.78, 5) is 4.11. The zero-order valence-corrected chi connectivity index (χ0v) is 10.3. The molecule has 90 valence electrons. The standard InChI is InChI=1S/C12H16N4O/c1-8-4-5-10(13)9(2)12(8)17-6-11-14-7-15-16(11)3/h4-5,7H,6,13H2,1-3H3. The van der Waals surface area contributed by atoms with Crippen LogP contribution in [0.1, 0.15) is 17.0 Å². The van der Waals surface area contributed by atoms with Gasteiger partial charge in [0.25, 0.3) is 0 Å². The summed E-state index contributed by atoms with van der Waals surface area (Å²) in [5.74, 6) is 1.61. The van der Waals surface area contributed by atoms with Gasteiger partial charge in [-0.05, 0) is 25.5 Å². The number of benzene rings is 1. The molecule has 0 spiro atoms. The van der Waals surface area contributed by atoms with Gasteiger partial charge in [0.2, 0.25) is 0 Å². The Balaban J connectivity index is 2.20. The minimum absolute atomic E-state index is 0.391. The SMILES string of the molecule is Cc1ccc(N)c(C)c1OCc1ncnn1C. The molecule has 2 N–H and O–H groups in total. The lowest BCUT2D eigenvalue weighted by Gasteiger charge is -2.13. The van der Waals surface area contributed by atoms with Crippen LogP contribution in [0.4, 0.5) is 5.69 Å². The molecule has 5 heteroatoms. The van der Waals surface area contributed by atoms with Crippen molar-refractivity contribution in [3.8, 4) is 5.75 Å². The molecule has 0 saturated carbocycles. The van der Waals surface area contributed by atoms with Gasteiger partial charge in [0.05, 0.1) is 0 Å². The molecule has 1 heterocycles. The van der Waals surface area contributed by atoms with Crippen LogP contribution in [0.5, 0.6) is 5.75 Å². The average Bonchev–Trinajstić information content (AvgIpc) is 2.70. The molecule has 0 aliphatic rings. The van der Waals surface area contributed by atoms with E-state index in [1.807, 2.05) is 33.0 Å². The van der Waals surface area contributed by atoms with Crippen molar-refractivity contribution in [2.24, 2.45) is 7.05 Å². The van der Waals surface area contributed by atoms with Gasteiger partial charge in [0.15, 0.2) is 5.82 Å². The minimum atomic E-state index is 0.391. The molecule has 1 aromatic carbocycles. The number of hydrogen-bond acceptors (Lipinski definition) is 4. The van der Waals surface area contributed by atoms with Crippen LogP contribution in [0.15, 0.2) is 18.5 Å². The largest absolute Gasteiger partial charge is 0.485 e. The zero-order chi connectivity index (χ0) is 12.4. The van der Waals surface area contributed by atoms with E-state index in [0.717, 1.165) is 28.4 Å². The molecular weight excluding hydrogens is 216 g/mol. The Morgan fingerprint density at radius 1 is 1.35 bits per heavy atom. The molecule has 0 aliphatic heterocycles. The average molecular weight is 232 g/mol. The van der Waals surface area contributed by atoms with E-state index in [1.54, 1.807) is 4.68 Å². The zero-order valence-electron chi connectivity index (χ0n) is 10.3. The van der Waals surface area contributed by atoms with E-state index in [2.05, 4.69) is 10.1 Å². The van der Waals surface area contributed by atoms with Crippen molar-refractivity contribution in [1.29, 1.82) is 0 Å². The van der Waals surface area contributed by atoms with Crippen molar-refractivity contribution in [3.63, 3.8) is 0 Å². The van der Waals surface area contributed by atoms with E-state index in [4.69, 9.17) is 10.5 Å². The van der Waals surface area contributed by atoms with Gasteiger partial charge in [0, 0.05) is 18.3 Å². The van der Waals surface area contributed by atoms with E-state index >= 15 is 0 Å². The highest BCUT2D eigenvalue weighted by Gasteiger charge is 2.08. The number of nitrogens with two attached hydrogens (primary N) is 1. The van der Waals surface area contributed by atoms with Crippen molar-refractivity contribution in [2.45, 2.75) is 20.5 Å². The summed E-state index contributed by atoms with van der Waals surface area (Å²) in [7, 11) is 1.84. The molecule has 17 heavy (non-hydrogen) atoms. The molecule has 0 radical (unpaired) electrons. The van der Waals surface area contributed by atoms with Crippen LogP contribution in [-0.2, 0) is 13.7 Å². The maximum absolute atomic E-state index is 5.86. The Kier molecular flexibility index (Phi) is 2.99. The molecule has 0 bridgehead atoms. The molecular formula is C12H16N4O. The van der Waals surface area contributed by atoms with Crippen LogP contribution < -0.4 is 10.5 Å². The fourth-order valence-corrected chi connectivity index (χ4v) is 1.65. The number of nitrogen functional groups attached to an aromatic ring is 1. The molecule has 0 atom stereocenters. The first-order valence-corrected chi connectivity index (χ1v) is 5.41. The maximum Gasteiger partial charge on any atom is 0.164 e. The smallest absolute Gasteiger partial charge is 0.164 e. The minimum Gasteiger partial charge on any atom is -0.485 e. The number of aryl methyl sites for hydroxylation is 2. The lowest BCUT2D eigenvalue weighted by molar-refractivity contribution is 0.286. The number of anilines is 1. The van der Waals surface area contributed by atoms with Gasteiger partial charge in [-0.3, -0.25) is 4.68 Å². The third-order valence-corrected chi connectivity index (χ3v) is 2.80. The fourth-order valence-electron chi connectivity index (χ4n) is 1.65. The molecule has 5 nitrogen and oxygen atoms in total. The van der Waals surface area contributed by atoms with Crippen LogP contribution in [0, 0.1) is 13.8 Å². The highest BCUT2D eigenvalue weighted by molar-refractivity contribution is 5.56. The number of nitrogens with zero attached hydrogens (tertiary/aromatic N) is 3. The van der Waals surface area contributed by atoms with E-state index in [-0.39, 0.29) is 0 Å². The summed E-state index contributed by atoms with van der Waals surface area (Å²) in [6, 6.07) is 3.84. The second kappa shape index (κ2) is 4.45. The third kappa shape index (κ3) is 2.22. The van der Waals surface area contributed by atoms with E-state index in [9.17, 15) is 0 Å². The number of hydrogen-bond donors (Lipinski definition) is 1. The predicted molar refractivity (Wildman–Crippen MR) is 65.7 cm³/mol.